The second-order valence-electron chi connectivity index (χ2n) is 4.52. The zero-order valence-corrected chi connectivity index (χ0v) is 11.4. The fraction of sp³-hybridized carbons (Fsp3) is 0.125. The molecule has 0 bridgehead atoms. The molecule has 20 heavy (non-hydrogen) atoms. The third-order valence-electron chi connectivity index (χ3n) is 2.90. The number of nitrogens with one attached hydrogen (secondary N) is 1. The van der Waals surface area contributed by atoms with Gasteiger partial charge < -0.3 is 5.11 Å². The summed E-state index contributed by atoms with van der Waals surface area (Å²) < 4.78 is 0. The summed E-state index contributed by atoms with van der Waals surface area (Å²) in [6.07, 6.45) is 0. The van der Waals surface area contributed by atoms with Gasteiger partial charge in [0.25, 0.3) is 5.91 Å². The van der Waals surface area contributed by atoms with E-state index in [-0.39, 0.29) is 11.7 Å². The molecule has 0 aliphatic heterocycles. The zero-order chi connectivity index (χ0) is 14.5. The molecular formula is C16H16N2O2. The number of rotatable bonds is 3. The summed E-state index contributed by atoms with van der Waals surface area (Å²) in [5.41, 5.74) is 5.20. The molecule has 0 heterocycles. The van der Waals surface area contributed by atoms with Crippen molar-refractivity contribution >= 4 is 11.6 Å². The summed E-state index contributed by atoms with van der Waals surface area (Å²) in [4.78, 5) is 11.9. The van der Waals surface area contributed by atoms with E-state index in [1.54, 1.807) is 37.3 Å². The van der Waals surface area contributed by atoms with Crippen molar-refractivity contribution in [2.24, 2.45) is 5.10 Å². The number of aromatic hydroxyl groups is 1. The normalized spacial score (nSPS) is 11.2. The molecular weight excluding hydrogens is 252 g/mol. The Balaban J connectivity index is 2.15. The lowest BCUT2D eigenvalue weighted by atomic mass is 10.1. The average Bonchev–Trinajstić information content (AvgIpc) is 2.47. The quantitative estimate of drug-likeness (QED) is 0.664. The van der Waals surface area contributed by atoms with Crippen LogP contribution in [0.5, 0.6) is 5.75 Å². The minimum Gasteiger partial charge on any atom is -0.507 e. The molecule has 0 aliphatic carbocycles. The maximum absolute atomic E-state index is 11.9. The summed E-state index contributed by atoms with van der Waals surface area (Å²) in [5.74, 6) is -0.136. The van der Waals surface area contributed by atoms with Crippen molar-refractivity contribution in [1.82, 2.24) is 5.43 Å². The first kappa shape index (κ1) is 13.8. The van der Waals surface area contributed by atoms with E-state index in [9.17, 15) is 9.90 Å². The minimum absolute atomic E-state index is 0.144. The number of phenols is 1. The van der Waals surface area contributed by atoms with E-state index in [0.717, 1.165) is 5.56 Å². The van der Waals surface area contributed by atoms with Crippen molar-refractivity contribution in [1.29, 1.82) is 0 Å². The molecule has 0 atom stereocenters. The summed E-state index contributed by atoms with van der Waals surface area (Å²) in [5, 5.41) is 13.8. The van der Waals surface area contributed by atoms with Gasteiger partial charge in [-0.3, -0.25) is 4.79 Å². The number of nitrogens with zero attached hydrogens (tertiary/aromatic N) is 1. The van der Waals surface area contributed by atoms with Gasteiger partial charge in [0.15, 0.2) is 0 Å². The number of hydrogen-bond acceptors (Lipinski definition) is 3. The molecule has 4 heteroatoms. The van der Waals surface area contributed by atoms with Crippen molar-refractivity contribution in [3.63, 3.8) is 0 Å². The number of phenolic OH excluding ortho intramolecular Hbond substituents is 1. The van der Waals surface area contributed by atoms with Crippen LogP contribution in [0, 0.1) is 6.92 Å². The molecule has 102 valence electrons. The SMILES string of the molecule is C/C(=N\NC(=O)c1ccccc1)c1cc(C)ccc1O. The van der Waals surface area contributed by atoms with Crippen LogP contribution in [0.3, 0.4) is 0 Å². The molecule has 0 radical (unpaired) electrons. The molecule has 0 saturated carbocycles. The highest BCUT2D eigenvalue weighted by atomic mass is 16.3. The van der Waals surface area contributed by atoms with E-state index in [1.807, 2.05) is 25.1 Å². The Morgan fingerprint density at radius 1 is 1.15 bits per heavy atom. The first-order chi connectivity index (χ1) is 9.58. The van der Waals surface area contributed by atoms with Crippen LogP contribution in [0.1, 0.15) is 28.4 Å². The van der Waals surface area contributed by atoms with E-state index >= 15 is 0 Å². The van der Waals surface area contributed by atoms with Crippen LogP contribution in [0.4, 0.5) is 0 Å². The fourth-order valence-electron chi connectivity index (χ4n) is 1.79. The molecule has 1 amide bonds. The van der Waals surface area contributed by atoms with Crippen LogP contribution in [0.15, 0.2) is 53.6 Å². The Morgan fingerprint density at radius 2 is 1.85 bits per heavy atom. The number of amides is 1. The van der Waals surface area contributed by atoms with Crippen LogP contribution < -0.4 is 5.43 Å². The zero-order valence-electron chi connectivity index (χ0n) is 11.4. The molecule has 0 aromatic heterocycles. The van der Waals surface area contributed by atoms with Gasteiger partial charge in [0.05, 0.1) is 5.71 Å². The van der Waals surface area contributed by atoms with Crippen molar-refractivity contribution in [2.75, 3.05) is 0 Å². The second-order valence-corrected chi connectivity index (χ2v) is 4.52. The third kappa shape index (κ3) is 3.23. The maximum atomic E-state index is 11.9. The second kappa shape index (κ2) is 6.02. The lowest BCUT2D eigenvalue weighted by molar-refractivity contribution is 0.0955. The van der Waals surface area contributed by atoms with Crippen LogP contribution in [0.25, 0.3) is 0 Å². The molecule has 0 unspecified atom stereocenters. The van der Waals surface area contributed by atoms with Crippen LogP contribution >= 0.6 is 0 Å². The standard InChI is InChI=1S/C16H16N2O2/c1-11-8-9-15(19)14(10-11)12(2)17-18-16(20)13-6-4-3-5-7-13/h3-10,19H,1-2H3,(H,18,20)/b17-12+. The number of hydrogen-bond donors (Lipinski definition) is 2. The van der Waals surface area contributed by atoms with Crippen molar-refractivity contribution in [3.05, 3.63) is 65.2 Å². The highest BCUT2D eigenvalue weighted by molar-refractivity contribution is 6.02. The summed E-state index contributed by atoms with van der Waals surface area (Å²) >= 11 is 0. The Labute approximate surface area is 117 Å². The van der Waals surface area contributed by atoms with Gasteiger partial charge in [-0.25, -0.2) is 5.43 Å². The largest absolute Gasteiger partial charge is 0.507 e. The number of aryl methyl sites for hydroxylation is 1. The van der Waals surface area contributed by atoms with Gasteiger partial charge in [0.1, 0.15) is 5.75 Å². The smallest absolute Gasteiger partial charge is 0.271 e. The highest BCUT2D eigenvalue weighted by Gasteiger charge is 2.07. The van der Waals surface area contributed by atoms with E-state index in [0.29, 0.717) is 16.8 Å². The molecule has 0 spiro atoms. The highest BCUT2D eigenvalue weighted by Crippen LogP contribution is 2.18. The van der Waals surface area contributed by atoms with E-state index in [4.69, 9.17) is 0 Å². The molecule has 0 aliphatic rings. The first-order valence-corrected chi connectivity index (χ1v) is 6.27. The molecule has 2 aromatic rings. The van der Waals surface area contributed by atoms with Crippen LogP contribution in [-0.4, -0.2) is 16.7 Å². The van der Waals surface area contributed by atoms with Crippen LogP contribution in [-0.2, 0) is 0 Å². The molecule has 2 N–H and O–H groups in total. The van der Waals surface area contributed by atoms with Gasteiger partial charge in [-0.05, 0) is 38.1 Å². The predicted octanol–water partition coefficient (Wildman–Crippen LogP) is 2.85. The summed E-state index contributed by atoms with van der Waals surface area (Å²) in [6, 6.07) is 14.1. The lowest BCUT2D eigenvalue weighted by Gasteiger charge is -2.06. The lowest BCUT2D eigenvalue weighted by Crippen LogP contribution is -2.19. The number of hydrazone groups is 1. The molecule has 2 rings (SSSR count). The Morgan fingerprint density at radius 3 is 2.55 bits per heavy atom. The fourth-order valence-corrected chi connectivity index (χ4v) is 1.79. The maximum Gasteiger partial charge on any atom is 0.271 e. The predicted molar refractivity (Wildman–Crippen MR) is 79.0 cm³/mol. The van der Waals surface area contributed by atoms with E-state index in [1.165, 1.54) is 0 Å². The monoisotopic (exact) mass is 268 g/mol. The van der Waals surface area contributed by atoms with Gasteiger partial charge in [0, 0.05) is 11.1 Å². The van der Waals surface area contributed by atoms with Crippen molar-refractivity contribution in [3.8, 4) is 5.75 Å². The first-order valence-electron chi connectivity index (χ1n) is 6.27. The van der Waals surface area contributed by atoms with Crippen molar-refractivity contribution < 1.29 is 9.90 Å². The number of benzene rings is 2. The Hall–Kier alpha value is -2.62. The average molecular weight is 268 g/mol. The Bertz CT molecular complexity index is 649. The van der Waals surface area contributed by atoms with E-state index < -0.39 is 0 Å². The molecule has 2 aromatic carbocycles. The summed E-state index contributed by atoms with van der Waals surface area (Å²) in [7, 11) is 0. The van der Waals surface area contributed by atoms with Crippen molar-refractivity contribution in [2.45, 2.75) is 13.8 Å². The molecule has 0 saturated heterocycles. The molecule has 4 nitrogen and oxygen atoms in total. The topological polar surface area (TPSA) is 61.7 Å². The number of carbonyl (C=O) groups excluding carboxylic acids is 1. The van der Waals surface area contributed by atoms with Crippen LogP contribution in [0.2, 0.25) is 0 Å². The number of carbonyl (C=O) groups is 1. The van der Waals surface area contributed by atoms with Gasteiger partial charge in [0.2, 0.25) is 0 Å². The van der Waals surface area contributed by atoms with Gasteiger partial charge in [-0.15, -0.1) is 0 Å². The summed E-state index contributed by atoms with van der Waals surface area (Å²) in [6.45, 7) is 3.67. The molecule has 0 fully saturated rings. The van der Waals surface area contributed by atoms with Gasteiger partial charge in [-0.2, -0.15) is 5.10 Å². The Kier molecular flexibility index (Phi) is 4.15. The van der Waals surface area contributed by atoms with E-state index in [2.05, 4.69) is 10.5 Å². The third-order valence-corrected chi connectivity index (χ3v) is 2.90. The van der Waals surface area contributed by atoms with Gasteiger partial charge in [-0.1, -0.05) is 29.8 Å². The minimum atomic E-state index is -0.280. The van der Waals surface area contributed by atoms with Gasteiger partial charge >= 0.3 is 0 Å².